The van der Waals surface area contributed by atoms with Gasteiger partial charge in [0.1, 0.15) is 5.75 Å². The van der Waals surface area contributed by atoms with Gasteiger partial charge in [0.2, 0.25) is 0 Å². The summed E-state index contributed by atoms with van der Waals surface area (Å²) < 4.78 is 7.00. The number of aromatic nitrogens is 1. The number of ether oxygens (including phenoxy) is 1. The Kier molecular flexibility index (Phi) is 4.29. The second-order valence-electron chi connectivity index (χ2n) is 5.55. The number of benzene rings is 2. The van der Waals surface area contributed by atoms with Crippen molar-refractivity contribution in [2.45, 2.75) is 13.5 Å². The number of aryl methyl sites for hydroxylation is 1. The third kappa shape index (κ3) is 3.34. The van der Waals surface area contributed by atoms with Gasteiger partial charge >= 0.3 is 0 Å². The van der Waals surface area contributed by atoms with Crippen LogP contribution in [0.25, 0.3) is 11.3 Å². The molecule has 0 unspecified atom stereocenters. The van der Waals surface area contributed by atoms with Gasteiger partial charge in [0.05, 0.1) is 19.3 Å². The first kappa shape index (κ1) is 15.1. The molecule has 3 rings (SSSR count). The van der Waals surface area contributed by atoms with E-state index in [1.807, 2.05) is 30.3 Å². The second-order valence-corrected chi connectivity index (χ2v) is 5.55. The molecule has 1 aromatic heterocycles. The molecular formula is C20H19NO2. The Bertz CT molecular complexity index is 846. The van der Waals surface area contributed by atoms with Gasteiger partial charge in [-0.2, -0.15) is 0 Å². The standard InChI is InChI=1S/C20H19NO2/c1-15-6-8-16(9-7-15)14-21-19(4-3-5-20(21)22)17-10-12-18(23-2)13-11-17/h3-13H,14H2,1-2H3. The lowest BCUT2D eigenvalue weighted by Crippen LogP contribution is -2.21. The minimum atomic E-state index is -0.00102. The first-order valence-electron chi connectivity index (χ1n) is 7.57. The van der Waals surface area contributed by atoms with E-state index in [1.165, 1.54) is 5.56 Å². The summed E-state index contributed by atoms with van der Waals surface area (Å²) in [6.45, 7) is 2.61. The van der Waals surface area contributed by atoms with Crippen LogP contribution in [0.5, 0.6) is 5.75 Å². The van der Waals surface area contributed by atoms with E-state index in [2.05, 4.69) is 31.2 Å². The highest BCUT2D eigenvalue weighted by Crippen LogP contribution is 2.22. The van der Waals surface area contributed by atoms with Gasteiger partial charge in [0.25, 0.3) is 5.56 Å². The molecule has 0 fully saturated rings. The largest absolute Gasteiger partial charge is 0.497 e. The molecule has 0 saturated heterocycles. The number of pyridine rings is 1. The number of hydrogen-bond acceptors (Lipinski definition) is 2. The topological polar surface area (TPSA) is 31.2 Å². The van der Waals surface area contributed by atoms with Crippen LogP contribution >= 0.6 is 0 Å². The molecule has 0 aliphatic rings. The minimum absolute atomic E-state index is 0.00102. The zero-order chi connectivity index (χ0) is 16.2. The maximum absolute atomic E-state index is 12.3. The number of rotatable bonds is 4. The number of nitrogens with zero attached hydrogens (tertiary/aromatic N) is 1. The van der Waals surface area contributed by atoms with Gasteiger partial charge in [-0.05, 0) is 48.4 Å². The molecule has 3 nitrogen and oxygen atoms in total. The minimum Gasteiger partial charge on any atom is -0.497 e. The fourth-order valence-electron chi connectivity index (χ4n) is 2.57. The molecule has 0 aliphatic carbocycles. The van der Waals surface area contributed by atoms with Gasteiger partial charge in [0.15, 0.2) is 0 Å². The Morgan fingerprint density at radius 3 is 2.26 bits per heavy atom. The average Bonchev–Trinajstić information content (AvgIpc) is 2.59. The van der Waals surface area contributed by atoms with E-state index in [0.717, 1.165) is 22.6 Å². The summed E-state index contributed by atoms with van der Waals surface area (Å²) in [7, 11) is 1.64. The molecule has 3 aromatic rings. The Morgan fingerprint density at radius 1 is 0.913 bits per heavy atom. The van der Waals surface area contributed by atoms with Crippen molar-refractivity contribution in [2.75, 3.05) is 7.11 Å². The van der Waals surface area contributed by atoms with Crippen molar-refractivity contribution < 1.29 is 4.74 Å². The molecule has 0 bridgehead atoms. The van der Waals surface area contributed by atoms with Crippen molar-refractivity contribution in [1.29, 1.82) is 0 Å². The van der Waals surface area contributed by atoms with Crippen LogP contribution in [-0.2, 0) is 6.54 Å². The molecule has 0 N–H and O–H groups in total. The van der Waals surface area contributed by atoms with Crippen LogP contribution in [0.2, 0.25) is 0 Å². The van der Waals surface area contributed by atoms with Crippen molar-refractivity contribution in [1.82, 2.24) is 4.57 Å². The van der Waals surface area contributed by atoms with E-state index in [9.17, 15) is 4.79 Å². The predicted octanol–water partition coefficient (Wildman–Crippen LogP) is 3.88. The summed E-state index contributed by atoms with van der Waals surface area (Å²) in [6, 6.07) is 21.4. The van der Waals surface area contributed by atoms with E-state index in [4.69, 9.17) is 4.74 Å². The fraction of sp³-hybridized carbons (Fsp3) is 0.150. The van der Waals surface area contributed by atoms with E-state index in [0.29, 0.717) is 6.54 Å². The Hall–Kier alpha value is -2.81. The molecular weight excluding hydrogens is 286 g/mol. The molecule has 2 aromatic carbocycles. The summed E-state index contributed by atoms with van der Waals surface area (Å²) >= 11 is 0. The van der Waals surface area contributed by atoms with Gasteiger partial charge in [0, 0.05) is 6.07 Å². The summed E-state index contributed by atoms with van der Waals surface area (Å²) in [5.74, 6) is 0.803. The molecule has 3 heteroatoms. The van der Waals surface area contributed by atoms with E-state index in [-0.39, 0.29) is 5.56 Å². The zero-order valence-electron chi connectivity index (χ0n) is 13.3. The Morgan fingerprint density at radius 2 is 1.61 bits per heavy atom. The van der Waals surface area contributed by atoms with Crippen molar-refractivity contribution in [3.8, 4) is 17.0 Å². The fourth-order valence-corrected chi connectivity index (χ4v) is 2.57. The smallest absolute Gasteiger partial charge is 0.251 e. The lowest BCUT2D eigenvalue weighted by molar-refractivity contribution is 0.415. The summed E-state index contributed by atoms with van der Waals surface area (Å²) in [5, 5.41) is 0. The van der Waals surface area contributed by atoms with Crippen molar-refractivity contribution in [3.63, 3.8) is 0 Å². The molecule has 0 amide bonds. The lowest BCUT2D eigenvalue weighted by atomic mass is 10.1. The van der Waals surface area contributed by atoms with Crippen molar-refractivity contribution in [3.05, 3.63) is 88.2 Å². The quantitative estimate of drug-likeness (QED) is 0.732. The van der Waals surface area contributed by atoms with E-state index < -0.39 is 0 Å². The van der Waals surface area contributed by atoms with Crippen LogP contribution in [0, 0.1) is 6.92 Å². The van der Waals surface area contributed by atoms with Gasteiger partial charge in [-0.1, -0.05) is 35.9 Å². The third-order valence-electron chi connectivity index (χ3n) is 3.90. The molecule has 23 heavy (non-hydrogen) atoms. The highest BCUT2D eigenvalue weighted by atomic mass is 16.5. The zero-order valence-corrected chi connectivity index (χ0v) is 13.3. The molecule has 0 saturated carbocycles. The average molecular weight is 305 g/mol. The van der Waals surface area contributed by atoms with Gasteiger partial charge in [-0.15, -0.1) is 0 Å². The molecule has 116 valence electrons. The maximum Gasteiger partial charge on any atom is 0.251 e. The van der Waals surface area contributed by atoms with Crippen LogP contribution in [0.4, 0.5) is 0 Å². The maximum atomic E-state index is 12.3. The number of methoxy groups -OCH3 is 1. The first-order valence-corrected chi connectivity index (χ1v) is 7.57. The third-order valence-corrected chi connectivity index (χ3v) is 3.90. The molecule has 0 aliphatic heterocycles. The highest BCUT2D eigenvalue weighted by Gasteiger charge is 2.07. The summed E-state index contributed by atoms with van der Waals surface area (Å²) in [4.78, 5) is 12.3. The van der Waals surface area contributed by atoms with Crippen molar-refractivity contribution in [2.24, 2.45) is 0 Å². The SMILES string of the molecule is COc1ccc(-c2cccc(=O)n2Cc2ccc(C)cc2)cc1. The van der Waals surface area contributed by atoms with Gasteiger partial charge in [-0.3, -0.25) is 4.79 Å². The first-order chi connectivity index (χ1) is 11.2. The molecule has 1 heterocycles. The number of hydrogen-bond donors (Lipinski definition) is 0. The van der Waals surface area contributed by atoms with Gasteiger partial charge < -0.3 is 9.30 Å². The Balaban J connectivity index is 2.02. The van der Waals surface area contributed by atoms with E-state index in [1.54, 1.807) is 23.8 Å². The Labute approximate surface area is 135 Å². The van der Waals surface area contributed by atoms with Crippen LogP contribution in [0.15, 0.2) is 71.5 Å². The molecule has 0 atom stereocenters. The normalized spacial score (nSPS) is 10.5. The molecule has 0 radical (unpaired) electrons. The van der Waals surface area contributed by atoms with Crippen LogP contribution in [0.1, 0.15) is 11.1 Å². The molecule has 0 spiro atoms. The highest BCUT2D eigenvalue weighted by molar-refractivity contribution is 5.60. The van der Waals surface area contributed by atoms with Crippen LogP contribution < -0.4 is 10.3 Å². The monoisotopic (exact) mass is 305 g/mol. The summed E-state index contributed by atoms with van der Waals surface area (Å²) in [6.07, 6.45) is 0. The van der Waals surface area contributed by atoms with Crippen molar-refractivity contribution >= 4 is 0 Å². The second kappa shape index (κ2) is 6.53. The summed E-state index contributed by atoms with van der Waals surface area (Å²) in [5.41, 5.74) is 4.22. The lowest BCUT2D eigenvalue weighted by Gasteiger charge is -2.13. The van der Waals surface area contributed by atoms with Crippen LogP contribution in [0.3, 0.4) is 0 Å². The van der Waals surface area contributed by atoms with Gasteiger partial charge in [-0.25, -0.2) is 0 Å². The van der Waals surface area contributed by atoms with Crippen LogP contribution in [-0.4, -0.2) is 11.7 Å². The van der Waals surface area contributed by atoms with E-state index >= 15 is 0 Å². The predicted molar refractivity (Wildman–Crippen MR) is 93.0 cm³/mol.